The van der Waals surface area contributed by atoms with Crippen LogP contribution in [0.3, 0.4) is 0 Å². The van der Waals surface area contributed by atoms with Gasteiger partial charge in [-0.15, -0.1) is 0 Å². The summed E-state index contributed by atoms with van der Waals surface area (Å²) in [5.74, 6) is 1.98. The van der Waals surface area contributed by atoms with Gasteiger partial charge in [-0.3, -0.25) is 0 Å². The van der Waals surface area contributed by atoms with Crippen molar-refractivity contribution < 1.29 is 0 Å². The summed E-state index contributed by atoms with van der Waals surface area (Å²) in [7, 11) is 0. The summed E-state index contributed by atoms with van der Waals surface area (Å²) in [4.78, 5) is 4.36. The molecule has 76 valence electrons. The van der Waals surface area contributed by atoms with Gasteiger partial charge in [0.2, 0.25) is 5.95 Å². The Kier molecular flexibility index (Phi) is 1.96. The molecule has 14 heavy (non-hydrogen) atoms. The summed E-state index contributed by atoms with van der Waals surface area (Å²) in [6.45, 7) is 1.11. The first-order valence-electron chi connectivity index (χ1n) is 5.70. The minimum absolute atomic E-state index is 0.737. The van der Waals surface area contributed by atoms with Gasteiger partial charge in [0.15, 0.2) is 0 Å². The van der Waals surface area contributed by atoms with E-state index in [0.29, 0.717) is 0 Å². The third kappa shape index (κ3) is 1.51. The first-order chi connectivity index (χ1) is 6.93. The van der Waals surface area contributed by atoms with Gasteiger partial charge in [-0.05, 0) is 31.6 Å². The Morgan fingerprint density at radius 3 is 2.86 bits per heavy atom. The molecule has 0 atom stereocenters. The van der Waals surface area contributed by atoms with Gasteiger partial charge < -0.3 is 9.88 Å². The molecule has 2 aliphatic carbocycles. The van der Waals surface area contributed by atoms with E-state index in [0.717, 1.165) is 24.5 Å². The fourth-order valence-electron chi connectivity index (χ4n) is 2.03. The van der Waals surface area contributed by atoms with Crippen molar-refractivity contribution in [2.45, 2.75) is 38.1 Å². The Bertz CT molecular complexity index is 310. The molecular formula is C11H17N3. The van der Waals surface area contributed by atoms with Crippen molar-refractivity contribution in [2.75, 3.05) is 11.9 Å². The highest BCUT2D eigenvalue weighted by Gasteiger charge is 2.26. The Morgan fingerprint density at radius 2 is 2.21 bits per heavy atom. The molecule has 2 fully saturated rings. The monoisotopic (exact) mass is 191 g/mol. The van der Waals surface area contributed by atoms with E-state index in [1.165, 1.54) is 32.1 Å². The third-order valence-electron chi connectivity index (χ3n) is 3.38. The number of anilines is 1. The van der Waals surface area contributed by atoms with Gasteiger partial charge in [0.05, 0.1) is 0 Å². The minimum Gasteiger partial charge on any atom is -0.355 e. The number of hydrogen-bond donors (Lipinski definition) is 1. The van der Waals surface area contributed by atoms with Crippen molar-refractivity contribution in [3.8, 4) is 0 Å². The Morgan fingerprint density at radius 1 is 1.36 bits per heavy atom. The van der Waals surface area contributed by atoms with Gasteiger partial charge in [0.1, 0.15) is 0 Å². The Labute approximate surface area is 84.5 Å². The molecule has 0 aliphatic heterocycles. The average molecular weight is 191 g/mol. The van der Waals surface area contributed by atoms with Gasteiger partial charge in [-0.2, -0.15) is 0 Å². The van der Waals surface area contributed by atoms with E-state index in [9.17, 15) is 0 Å². The van der Waals surface area contributed by atoms with Crippen LogP contribution in [0.2, 0.25) is 0 Å². The van der Waals surface area contributed by atoms with Crippen molar-refractivity contribution in [3.05, 3.63) is 12.4 Å². The van der Waals surface area contributed by atoms with Gasteiger partial charge in [0.25, 0.3) is 0 Å². The molecule has 2 saturated carbocycles. The lowest BCUT2D eigenvalue weighted by Crippen LogP contribution is -2.22. The van der Waals surface area contributed by atoms with E-state index in [1.54, 1.807) is 0 Å². The molecule has 3 rings (SSSR count). The van der Waals surface area contributed by atoms with Crippen molar-refractivity contribution in [1.29, 1.82) is 0 Å². The second kappa shape index (κ2) is 3.30. The molecule has 0 amide bonds. The predicted molar refractivity (Wildman–Crippen MR) is 56.3 cm³/mol. The molecule has 0 saturated heterocycles. The fraction of sp³-hybridized carbons (Fsp3) is 0.727. The SMILES string of the molecule is c1cn(C2CC2)c(NCC2CCC2)n1. The molecule has 1 heterocycles. The van der Waals surface area contributed by atoms with Gasteiger partial charge in [0, 0.05) is 25.0 Å². The molecular weight excluding hydrogens is 174 g/mol. The fourth-order valence-corrected chi connectivity index (χ4v) is 2.03. The molecule has 2 aliphatic rings. The highest BCUT2D eigenvalue weighted by molar-refractivity contribution is 5.27. The van der Waals surface area contributed by atoms with Crippen molar-refractivity contribution in [1.82, 2.24) is 9.55 Å². The summed E-state index contributed by atoms with van der Waals surface area (Å²) >= 11 is 0. The number of rotatable bonds is 4. The van der Waals surface area contributed by atoms with Crippen LogP contribution in [0.25, 0.3) is 0 Å². The maximum Gasteiger partial charge on any atom is 0.203 e. The smallest absolute Gasteiger partial charge is 0.203 e. The summed E-state index contributed by atoms with van der Waals surface area (Å²) in [6, 6.07) is 0.737. The highest BCUT2D eigenvalue weighted by Crippen LogP contribution is 2.37. The number of aromatic nitrogens is 2. The highest BCUT2D eigenvalue weighted by atomic mass is 15.2. The average Bonchev–Trinajstić information content (AvgIpc) is 2.85. The molecule has 3 nitrogen and oxygen atoms in total. The number of nitrogens with zero attached hydrogens (tertiary/aromatic N) is 2. The van der Waals surface area contributed by atoms with Crippen LogP contribution in [0.5, 0.6) is 0 Å². The molecule has 0 unspecified atom stereocenters. The van der Waals surface area contributed by atoms with Crippen molar-refractivity contribution >= 4 is 5.95 Å². The van der Waals surface area contributed by atoms with Crippen LogP contribution in [-0.2, 0) is 0 Å². The van der Waals surface area contributed by atoms with Gasteiger partial charge in [-0.1, -0.05) is 6.42 Å². The molecule has 0 aromatic carbocycles. The van der Waals surface area contributed by atoms with Crippen LogP contribution in [0, 0.1) is 5.92 Å². The van der Waals surface area contributed by atoms with Crippen LogP contribution >= 0.6 is 0 Å². The normalized spacial score (nSPS) is 22.0. The molecule has 0 spiro atoms. The van der Waals surface area contributed by atoms with Crippen LogP contribution in [-0.4, -0.2) is 16.1 Å². The van der Waals surface area contributed by atoms with Crippen LogP contribution in [0.4, 0.5) is 5.95 Å². The minimum atomic E-state index is 0.737. The van der Waals surface area contributed by atoms with Crippen LogP contribution < -0.4 is 5.32 Å². The molecule has 1 N–H and O–H groups in total. The van der Waals surface area contributed by atoms with E-state index in [2.05, 4.69) is 21.1 Å². The van der Waals surface area contributed by atoms with E-state index in [1.807, 2.05) is 6.20 Å². The first kappa shape index (κ1) is 8.33. The molecule has 0 bridgehead atoms. The van der Waals surface area contributed by atoms with E-state index in [-0.39, 0.29) is 0 Å². The van der Waals surface area contributed by atoms with Crippen molar-refractivity contribution in [2.24, 2.45) is 5.92 Å². The predicted octanol–water partition coefficient (Wildman–Crippen LogP) is 2.43. The van der Waals surface area contributed by atoms with E-state index in [4.69, 9.17) is 0 Å². The lowest BCUT2D eigenvalue weighted by Gasteiger charge is -2.25. The standard InChI is InChI=1S/C11H17N3/c1-2-9(3-1)8-13-11-12-6-7-14(11)10-4-5-10/h6-7,9-10H,1-5,8H2,(H,12,13). The maximum atomic E-state index is 4.36. The Balaban J connectivity index is 1.60. The molecule has 0 radical (unpaired) electrons. The second-order valence-electron chi connectivity index (χ2n) is 4.57. The second-order valence-corrected chi connectivity index (χ2v) is 4.57. The summed E-state index contributed by atoms with van der Waals surface area (Å²) in [5.41, 5.74) is 0. The Hall–Kier alpha value is -0.990. The molecule has 1 aromatic rings. The van der Waals surface area contributed by atoms with E-state index < -0.39 is 0 Å². The molecule has 3 heteroatoms. The topological polar surface area (TPSA) is 29.9 Å². The lowest BCUT2D eigenvalue weighted by atomic mass is 9.85. The molecule has 1 aromatic heterocycles. The third-order valence-corrected chi connectivity index (χ3v) is 3.38. The van der Waals surface area contributed by atoms with E-state index >= 15 is 0 Å². The quantitative estimate of drug-likeness (QED) is 0.792. The first-order valence-corrected chi connectivity index (χ1v) is 5.70. The summed E-state index contributed by atoms with van der Waals surface area (Å²) in [5, 5.41) is 3.47. The largest absolute Gasteiger partial charge is 0.355 e. The maximum absolute atomic E-state index is 4.36. The zero-order chi connectivity index (χ0) is 9.38. The van der Waals surface area contributed by atoms with Crippen LogP contribution in [0.1, 0.15) is 38.1 Å². The summed E-state index contributed by atoms with van der Waals surface area (Å²) in [6.07, 6.45) is 10.9. The van der Waals surface area contributed by atoms with Crippen molar-refractivity contribution in [3.63, 3.8) is 0 Å². The van der Waals surface area contributed by atoms with Gasteiger partial charge in [-0.25, -0.2) is 4.98 Å². The number of nitrogens with one attached hydrogen (secondary N) is 1. The number of hydrogen-bond acceptors (Lipinski definition) is 2. The lowest BCUT2D eigenvalue weighted by molar-refractivity contribution is 0.332. The number of imidazole rings is 1. The summed E-state index contributed by atoms with van der Waals surface area (Å²) < 4.78 is 2.29. The van der Waals surface area contributed by atoms with Crippen LogP contribution in [0.15, 0.2) is 12.4 Å². The zero-order valence-electron chi connectivity index (χ0n) is 8.45. The zero-order valence-corrected chi connectivity index (χ0v) is 8.45. The van der Waals surface area contributed by atoms with Gasteiger partial charge >= 0.3 is 0 Å².